The van der Waals surface area contributed by atoms with Gasteiger partial charge in [0.25, 0.3) is 0 Å². The minimum atomic E-state index is 0.0212. The Morgan fingerprint density at radius 2 is 1.74 bits per heavy atom. The van der Waals surface area contributed by atoms with Gasteiger partial charge in [0.1, 0.15) is 0 Å². The summed E-state index contributed by atoms with van der Waals surface area (Å²) in [6, 6.07) is 12.3. The van der Waals surface area contributed by atoms with Crippen molar-refractivity contribution in [3.8, 4) is 0 Å². The molecule has 3 aromatic rings. The number of anilines is 1. The van der Waals surface area contributed by atoms with Gasteiger partial charge in [0.05, 0.1) is 6.42 Å². The monoisotopic (exact) mass is 306 g/mol. The Balaban J connectivity index is 1.89. The second-order valence-electron chi connectivity index (χ2n) is 6.27. The van der Waals surface area contributed by atoms with E-state index in [1.165, 1.54) is 5.56 Å². The van der Waals surface area contributed by atoms with Gasteiger partial charge in [0, 0.05) is 22.3 Å². The van der Waals surface area contributed by atoms with E-state index in [0.717, 1.165) is 39.0 Å². The van der Waals surface area contributed by atoms with E-state index in [2.05, 4.69) is 35.4 Å². The van der Waals surface area contributed by atoms with Gasteiger partial charge in [0.2, 0.25) is 5.91 Å². The zero-order valence-corrected chi connectivity index (χ0v) is 14.1. The summed E-state index contributed by atoms with van der Waals surface area (Å²) in [6.45, 7) is 8.13. The van der Waals surface area contributed by atoms with Crippen LogP contribution >= 0.6 is 0 Å². The van der Waals surface area contributed by atoms with Gasteiger partial charge in [-0.25, -0.2) is 0 Å². The zero-order valence-electron chi connectivity index (χ0n) is 14.1. The summed E-state index contributed by atoms with van der Waals surface area (Å²) in [5.74, 6) is 0.0212. The normalized spacial score (nSPS) is 11.0. The molecule has 0 aliphatic heterocycles. The van der Waals surface area contributed by atoms with Crippen molar-refractivity contribution in [1.82, 2.24) is 4.98 Å². The largest absolute Gasteiger partial charge is 0.358 e. The van der Waals surface area contributed by atoms with Crippen LogP contribution in [-0.4, -0.2) is 10.9 Å². The third-order valence-corrected chi connectivity index (χ3v) is 4.36. The first-order valence-electron chi connectivity index (χ1n) is 7.89. The molecular weight excluding hydrogens is 284 g/mol. The van der Waals surface area contributed by atoms with Crippen LogP contribution in [0.5, 0.6) is 0 Å². The van der Waals surface area contributed by atoms with Crippen molar-refractivity contribution in [3.05, 3.63) is 64.3 Å². The number of carbonyl (C=O) groups is 1. The molecule has 0 fully saturated rings. The Morgan fingerprint density at radius 3 is 2.43 bits per heavy atom. The van der Waals surface area contributed by atoms with E-state index in [9.17, 15) is 4.79 Å². The van der Waals surface area contributed by atoms with Crippen LogP contribution in [0.2, 0.25) is 0 Å². The van der Waals surface area contributed by atoms with E-state index < -0.39 is 0 Å². The molecule has 0 bridgehead atoms. The van der Waals surface area contributed by atoms with Gasteiger partial charge in [-0.05, 0) is 56.5 Å². The van der Waals surface area contributed by atoms with Crippen molar-refractivity contribution in [2.75, 3.05) is 5.32 Å². The fourth-order valence-electron chi connectivity index (χ4n) is 3.08. The Morgan fingerprint density at radius 1 is 1.04 bits per heavy atom. The molecule has 0 aliphatic carbocycles. The number of nitrogens with one attached hydrogen (secondary N) is 2. The van der Waals surface area contributed by atoms with Crippen molar-refractivity contribution in [3.63, 3.8) is 0 Å². The maximum absolute atomic E-state index is 12.5. The van der Waals surface area contributed by atoms with Crippen LogP contribution in [0.4, 0.5) is 5.69 Å². The molecule has 3 heteroatoms. The number of benzene rings is 2. The van der Waals surface area contributed by atoms with E-state index >= 15 is 0 Å². The Hall–Kier alpha value is -2.55. The number of fused-ring (bicyclic) bond motifs is 1. The van der Waals surface area contributed by atoms with Crippen LogP contribution in [0, 0.1) is 27.7 Å². The highest BCUT2D eigenvalue weighted by Gasteiger charge is 2.14. The van der Waals surface area contributed by atoms with Crippen LogP contribution in [0.3, 0.4) is 0 Å². The molecule has 1 heterocycles. The van der Waals surface area contributed by atoms with Crippen LogP contribution in [-0.2, 0) is 11.2 Å². The molecule has 2 aromatic carbocycles. The lowest BCUT2D eigenvalue weighted by molar-refractivity contribution is -0.115. The molecule has 0 saturated heterocycles. The molecule has 0 saturated carbocycles. The Labute approximate surface area is 136 Å². The van der Waals surface area contributed by atoms with Gasteiger partial charge in [-0.3, -0.25) is 4.79 Å². The average Bonchev–Trinajstić information content (AvgIpc) is 2.79. The maximum Gasteiger partial charge on any atom is 0.228 e. The van der Waals surface area contributed by atoms with Gasteiger partial charge in [0.15, 0.2) is 0 Å². The summed E-state index contributed by atoms with van der Waals surface area (Å²) in [7, 11) is 0. The number of para-hydroxylation sites is 1. The number of aromatic amines is 1. The number of aryl methyl sites for hydroxylation is 4. The summed E-state index contributed by atoms with van der Waals surface area (Å²) in [5, 5.41) is 4.21. The smallest absolute Gasteiger partial charge is 0.228 e. The number of hydrogen-bond acceptors (Lipinski definition) is 1. The van der Waals surface area contributed by atoms with E-state index in [-0.39, 0.29) is 5.91 Å². The molecule has 0 spiro atoms. The third kappa shape index (κ3) is 3.00. The second-order valence-corrected chi connectivity index (χ2v) is 6.27. The molecule has 3 nitrogen and oxygen atoms in total. The average molecular weight is 306 g/mol. The van der Waals surface area contributed by atoms with Crippen LogP contribution in [0.25, 0.3) is 10.9 Å². The van der Waals surface area contributed by atoms with Gasteiger partial charge >= 0.3 is 0 Å². The highest BCUT2D eigenvalue weighted by Crippen LogP contribution is 2.25. The van der Waals surface area contributed by atoms with Crippen molar-refractivity contribution in [1.29, 1.82) is 0 Å². The fourth-order valence-corrected chi connectivity index (χ4v) is 3.08. The summed E-state index contributed by atoms with van der Waals surface area (Å²) >= 11 is 0. The Kier molecular flexibility index (Phi) is 3.95. The Bertz CT molecular complexity index is 870. The third-order valence-electron chi connectivity index (χ3n) is 4.36. The molecule has 118 valence electrons. The summed E-state index contributed by atoms with van der Waals surface area (Å²) in [6.07, 6.45) is 0.378. The highest BCUT2D eigenvalue weighted by atomic mass is 16.1. The van der Waals surface area contributed by atoms with Crippen LogP contribution in [0.15, 0.2) is 36.4 Å². The van der Waals surface area contributed by atoms with E-state index in [4.69, 9.17) is 0 Å². The first kappa shape index (κ1) is 15.3. The molecule has 1 aromatic heterocycles. The number of carbonyl (C=O) groups excluding carboxylic acids is 1. The van der Waals surface area contributed by atoms with Gasteiger partial charge in [-0.1, -0.05) is 29.8 Å². The van der Waals surface area contributed by atoms with Crippen molar-refractivity contribution in [2.45, 2.75) is 34.1 Å². The van der Waals surface area contributed by atoms with E-state index in [0.29, 0.717) is 6.42 Å². The minimum absolute atomic E-state index is 0.0212. The topological polar surface area (TPSA) is 44.9 Å². The highest BCUT2D eigenvalue weighted by molar-refractivity contribution is 5.97. The van der Waals surface area contributed by atoms with Crippen molar-refractivity contribution >= 4 is 22.5 Å². The number of amides is 1. The SMILES string of the molecule is Cc1ccc2[nH]c(C)c(CC(=O)Nc3c(C)cccc3C)c2c1. The summed E-state index contributed by atoms with van der Waals surface area (Å²) in [5.41, 5.74) is 7.52. The molecule has 2 N–H and O–H groups in total. The van der Waals surface area contributed by atoms with Crippen molar-refractivity contribution in [2.24, 2.45) is 0 Å². The number of hydrogen-bond donors (Lipinski definition) is 2. The zero-order chi connectivity index (χ0) is 16.6. The van der Waals surface area contributed by atoms with Crippen LogP contribution < -0.4 is 5.32 Å². The molecule has 0 aliphatic rings. The molecule has 23 heavy (non-hydrogen) atoms. The van der Waals surface area contributed by atoms with E-state index in [1.54, 1.807) is 0 Å². The van der Waals surface area contributed by atoms with Crippen LogP contribution in [0.1, 0.15) is 27.9 Å². The van der Waals surface area contributed by atoms with Gasteiger partial charge in [-0.2, -0.15) is 0 Å². The summed E-state index contributed by atoms with van der Waals surface area (Å²) < 4.78 is 0. The van der Waals surface area contributed by atoms with Gasteiger partial charge in [-0.15, -0.1) is 0 Å². The standard InChI is InChI=1S/C20H22N2O/c1-12-8-9-18-17(10-12)16(15(4)21-18)11-19(23)22-20-13(2)6-5-7-14(20)3/h5-10,21H,11H2,1-4H3,(H,22,23). The maximum atomic E-state index is 12.5. The van der Waals surface area contributed by atoms with E-state index in [1.807, 2.05) is 39.0 Å². The molecular formula is C20H22N2O. The lowest BCUT2D eigenvalue weighted by atomic mass is 10.0. The van der Waals surface area contributed by atoms with Crippen molar-refractivity contribution < 1.29 is 4.79 Å². The fraction of sp³-hybridized carbons (Fsp3) is 0.250. The first-order chi connectivity index (χ1) is 11.0. The molecule has 0 unspecified atom stereocenters. The quantitative estimate of drug-likeness (QED) is 0.730. The minimum Gasteiger partial charge on any atom is -0.358 e. The number of H-pyrrole nitrogens is 1. The predicted octanol–water partition coefficient (Wildman–Crippen LogP) is 4.58. The lowest BCUT2D eigenvalue weighted by Crippen LogP contribution is -2.16. The molecule has 1 amide bonds. The summed E-state index contributed by atoms with van der Waals surface area (Å²) in [4.78, 5) is 15.9. The first-order valence-corrected chi connectivity index (χ1v) is 7.89. The second kappa shape index (κ2) is 5.92. The number of aromatic nitrogens is 1. The molecule has 0 atom stereocenters. The molecule has 0 radical (unpaired) electrons. The van der Waals surface area contributed by atoms with Gasteiger partial charge < -0.3 is 10.3 Å². The molecule has 3 rings (SSSR count). The lowest BCUT2D eigenvalue weighted by Gasteiger charge is -2.11. The predicted molar refractivity (Wildman–Crippen MR) is 96.0 cm³/mol. The number of rotatable bonds is 3.